The first-order valence-electron chi connectivity index (χ1n) is 8.62. The zero-order valence-corrected chi connectivity index (χ0v) is 14.4. The fourth-order valence-corrected chi connectivity index (χ4v) is 6.39. The molecular weight excluding hydrogens is 330 g/mol. The highest BCUT2D eigenvalue weighted by molar-refractivity contribution is 7.92. The van der Waals surface area contributed by atoms with Crippen LogP contribution in [0.4, 0.5) is 0 Å². The van der Waals surface area contributed by atoms with Crippen molar-refractivity contribution in [2.24, 2.45) is 11.7 Å². The number of fused-ring (bicyclic) bond motifs is 1. The molecule has 1 aromatic heterocycles. The normalized spacial score (nSPS) is 35.1. The number of carbonyl (C=O) groups is 1. The summed E-state index contributed by atoms with van der Waals surface area (Å²) in [5, 5.41) is 7.75. The first-order valence-corrected chi connectivity index (χ1v) is 10.3. The molecule has 0 spiro atoms. The number of sulfone groups is 1. The molecule has 2 saturated heterocycles. The third-order valence-electron chi connectivity index (χ3n) is 5.75. The Labute approximate surface area is 141 Å². The molecule has 0 aromatic carbocycles. The number of likely N-dealkylation sites (tertiary alicyclic amines) is 1. The molecule has 1 amide bonds. The first-order chi connectivity index (χ1) is 11.4. The van der Waals surface area contributed by atoms with E-state index in [-0.39, 0.29) is 36.2 Å². The number of aromatic nitrogens is 3. The second-order valence-electron chi connectivity index (χ2n) is 7.32. The van der Waals surface area contributed by atoms with Crippen molar-refractivity contribution in [2.75, 3.05) is 18.8 Å². The molecule has 8 nitrogen and oxygen atoms in total. The van der Waals surface area contributed by atoms with Crippen LogP contribution in [0.1, 0.15) is 48.6 Å². The average molecular weight is 353 g/mol. The molecule has 4 rings (SSSR count). The van der Waals surface area contributed by atoms with E-state index in [0.29, 0.717) is 18.7 Å². The lowest BCUT2D eigenvalue weighted by molar-refractivity contribution is 0.0780. The van der Waals surface area contributed by atoms with Crippen molar-refractivity contribution in [3.8, 4) is 0 Å². The van der Waals surface area contributed by atoms with Crippen LogP contribution in [0.15, 0.2) is 6.20 Å². The Bertz CT molecular complexity index is 738. The first kappa shape index (κ1) is 16.0. The molecule has 3 aliphatic rings. The van der Waals surface area contributed by atoms with Crippen LogP contribution in [0.5, 0.6) is 0 Å². The summed E-state index contributed by atoms with van der Waals surface area (Å²) in [6.07, 6.45) is 6.18. The zero-order valence-electron chi connectivity index (χ0n) is 13.5. The van der Waals surface area contributed by atoms with Crippen molar-refractivity contribution in [3.63, 3.8) is 0 Å². The van der Waals surface area contributed by atoms with Gasteiger partial charge in [-0.1, -0.05) is 5.21 Å². The Hall–Kier alpha value is -1.48. The molecule has 3 fully saturated rings. The second-order valence-corrected chi connectivity index (χ2v) is 9.66. The van der Waals surface area contributed by atoms with Gasteiger partial charge in [-0.25, -0.2) is 13.1 Å². The molecule has 0 unspecified atom stereocenters. The van der Waals surface area contributed by atoms with Crippen molar-refractivity contribution < 1.29 is 13.2 Å². The van der Waals surface area contributed by atoms with Crippen molar-refractivity contribution in [3.05, 3.63) is 11.9 Å². The summed E-state index contributed by atoms with van der Waals surface area (Å²) < 4.78 is 25.8. The van der Waals surface area contributed by atoms with Crippen molar-refractivity contribution in [2.45, 2.75) is 49.4 Å². The molecular formula is C15H23N5O3S. The molecule has 0 radical (unpaired) electrons. The van der Waals surface area contributed by atoms with Crippen LogP contribution in [0, 0.1) is 5.92 Å². The van der Waals surface area contributed by atoms with E-state index in [1.165, 1.54) is 0 Å². The van der Waals surface area contributed by atoms with Gasteiger partial charge in [-0.2, -0.15) is 0 Å². The Balaban J connectivity index is 1.45. The molecule has 132 valence electrons. The highest BCUT2D eigenvalue weighted by Gasteiger charge is 2.47. The van der Waals surface area contributed by atoms with E-state index in [0.717, 1.165) is 25.7 Å². The summed E-state index contributed by atoms with van der Waals surface area (Å²) in [7, 11) is -3.04. The molecule has 3 heterocycles. The van der Waals surface area contributed by atoms with Crippen molar-refractivity contribution in [1.82, 2.24) is 19.9 Å². The molecule has 1 saturated carbocycles. The summed E-state index contributed by atoms with van der Waals surface area (Å²) in [4.78, 5) is 14.3. The van der Waals surface area contributed by atoms with Gasteiger partial charge >= 0.3 is 0 Å². The quantitative estimate of drug-likeness (QED) is 0.800. The molecule has 2 N–H and O–H groups in total. The van der Waals surface area contributed by atoms with Gasteiger partial charge in [-0.3, -0.25) is 4.79 Å². The third-order valence-corrected chi connectivity index (χ3v) is 8.01. The van der Waals surface area contributed by atoms with E-state index >= 15 is 0 Å². The van der Waals surface area contributed by atoms with Crippen LogP contribution >= 0.6 is 0 Å². The molecule has 24 heavy (non-hydrogen) atoms. The van der Waals surface area contributed by atoms with Crippen LogP contribution < -0.4 is 5.73 Å². The fraction of sp³-hybridized carbons (Fsp3) is 0.800. The van der Waals surface area contributed by atoms with Crippen LogP contribution in [0.25, 0.3) is 0 Å². The molecule has 1 aromatic rings. The number of carbonyl (C=O) groups excluding carboxylic acids is 1. The lowest BCUT2D eigenvalue weighted by Gasteiger charge is -2.25. The van der Waals surface area contributed by atoms with Gasteiger partial charge in [0.25, 0.3) is 5.91 Å². The van der Waals surface area contributed by atoms with Gasteiger partial charge in [0.05, 0.1) is 23.2 Å². The zero-order chi connectivity index (χ0) is 16.9. The van der Waals surface area contributed by atoms with Crippen molar-refractivity contribution >= 4 is 15.7 Å². The van der Waals surface area contributed by atoms with Crippen LogP contribution in [-0.2, 0) is 9.84 Å². The van der Waals surface area contributed by atoms with E-state index in [4.69, 9.17) is 5.73 Å². The van der Waals surface area contributed by atoms with Gasteiger partial charge in [-0.15, -0.1) is 5.10 Å². The minimum Gasteiger partial charge on any atom is -0.336 e. The minimum atomic E-state index is -3.04. The maximum atomic E-state index is 12.6. The van der Waals surface area contributed by atoms with Crippen LogP contribution in [-0.4, -0.2) is 64.4 Å². The molecule has 2 aliphatic heterocycles. The third kappa shape index (κ3) is 2.73. The van der Waals surface area contributed by atoms with E-state index in [9.17, 15) is 13.2 Å². The summed E-state index contributed by atoms with van der Waals surface area (Å²) in [5.41, 5.74) is 6.23. The topological polar surface area (TPSA) is 111 Å². The number of nitrogens with zero attached hydrogens (tertiary/aromatic N) is 4. The predicted molar refractivity (Wildman–Crippen MR) is 87.1 cm³/mol. The molecule has 2 atom stereocenters. The van der Waals surface area contributed by atoms with Gasteiger partial charge in [0.2, 0.25) is 0 Å². The van der Waals surface area contributed by atoms with Crippen LogP contribution in [0.2, 0.25) is 0 Å². The van der Waals surface area contributed by atoms with Gasteiger partial charge in [0.1, 0.15) is 0 Å². The Morgan fingerprint density at radius 3 is 2.62 bits per heavy atom. The van der Waals surface area contributed by atoms with Gasteiger partial charge < -0.3 is 10.6 Å². The van der Waals surface area contributed by atoms with E-state index < -0.39 is 15.1 Å². The Morgan fingerprint density at radius 2 is 1.92 bits per heavy atom. The summed E-state index contributed by atoms with van der Waals surface area (Å²) in [5.74, 6) is 0.122. The number of hydrogen-bond acceptors (Lipinski definition) is 6. The van der Waals surface area contributed by atoms with Gasteiger partial charge in [-0.05, 0) is 38.0 Å². The molecule has 1 aliphatic carbocycles. The van der Waals surface area contributed by atoms with E-state index in [1.54, 1.807) is 15.8 Å². The van der Waals surface area contributed by atoms with E-state index in [2.05, 4.69) is 10.3 Å². The lowest BCUT2D eigenvalue weighted by atomic mass is 9.92. The highest BCUT2D eigenvalue weighted by atomic mass is 32.2. The molecule has 9 heteroatoms. The SMILES string of the molecule is NC1CCC(n2cc(C(=O)N3C[C@@H]4CCS(=O)(=O)[C@@H]4C3)nn2)CC1. The molecule has 0 bridgehead atoms. The fourth-order valence-electron chi connectivity index (χ4n) is 4.24. The monoisotopic (exact) mass is 353 g/mol. The summed E-state index contributed by atoms with van der Waals surface area (Å²) in [6, 6.07) is 0.508. The summed E-state index contributed by atoms with van der Waals surface area (Å²) in [6.45, 7) is 0.796. The Kier molecular flexibility index (Phi) is 3.87. The average Bonchev–Trinajstić information content (AvgIpc) is 3.25. The van der Waals surface area contributed by atoms with Gasteiger partial charge in [0, 0.05) is 19.1 Å². The highest BCUT2D eigenvalue weighted by Crippen LogP contribution is 2.34. The Morgan fingerprint density at radius 1 is 1.17 bits per heavy atom. The summed E-state index contributed by atoms with van der Waals surface area (Å²) >= 11 is 0. The maximum Gasteiger partial charge on any atom is 0.276 e. The van der Waals surface area contributed by atoms with E-state index in [1.807, 2.05) is 0 Å². The van der Waals surface area contributed by atoms with Gasteiger partial charge in [0.15, 0.2) is 15.5 Å². The number of nitrogens with two attached hydrogens (primary N) is 1. The number of rotatable bonds is 2. The predicted octanol–water partition coefficient (Wildman–Crippen LogP) is -0.0204. The number of amides is 1. The smallest absolute Gasteiger partial charge is 0.276 e. The largest absolute Gasteiger partial charge is 0.336 e. The number of hydrogen-bond donors (Lipinski definition) is 1. The maximum absolute atomic E-state index is 12.6. The minimum absolute atomic E-state index is 0.0776. The van der Waals surface area contributed by atoms with Crippen molar-refractivity contribution in [1.29, 1.82) is 0 Å². The second kappa shape index (κ2) is 5.80. The van der Waals surface area contributed by atoms with Crippen LogP contribution in [0.3, 0.4) is 0 Å². The standard InChI is InChI=1S/C15H23N5O3S/c16-11-1-3-12(4-2-11)20-8-13(17-18-20)15(21)19-7-10-5-6-24(22,23)14(10)9-19/h8,10-12,14H,1-7,9,16H2/t10-,11?,12?,14+/m0/s1. The lowest BCUT2D eigenvalue weighted by Crippen LogP contribution is -2.32.